The van der Waals surface area contributed by atoms with Crippen LogP contribution in [0.25, 0.3) is 0 Å². The fraction of sp³-hybridized carbons (Fsp3) is 0.857. The molecular formula is C14H23N3O2. The number of fused-ring (bicyclic) bond motifs is 2. The van der Waals surface area contributed by atoms with Crippen LogP contribution in [0.2, 0.25) is 0 Å². The average Bonchev–Trinajstić information content (AvgIpc) is 3.12. The fourth-order valence-electron chi connectivity index (χ4n) is 3.68. The van der Waals surface area contributed by atoms with Gasteiger partial charge >= 0.3 is 0 Å². The minimum absolute atomic E-state index is 0.183. The van der Waals surface area contributed by atoms with E-state index in [2.05, 4.69) is 17.1 Å². The molecule has 5 unspecified atom stereocenters. The van der Waals surface area contributed by atoms with Gasteiger partial charge in [-0.3, -0.25) is 0 Å². The standard InChI is InChI=1S/C14H23N3O2/c1-4-14(2,18-3)13-16-12(19-17-13)10-8-5-6-9(7-8)11(10)15/h8-11H,4-7,15H2,1-3H3. The quantitative estimate of drug-likeness (QED) is 0.903. The molecule has 2 saturated carbocycles. The summed E-state index contributed by atoms with van der Waals surface area (Å²) in [5.41, 5.74) is 5.85. The summed E-state index contributed by atoms with van der Waals surface area (Å²) < 4.78 is 11.0. The fourth-order valence-corrected chi connectivity index (χ4v) is 3.68. The summed E-state index contributed by atoms with van der Waals surface area (Å²) in [5, 5.41) is 4.13. The predicted octanol–water partition coefficient (Wildman–Crippen LogP) is 2.18. The van der Waals surface area contributed by atoms with Gasteiger partial charge in [0.1, 0.15) is 5.60 Å². The summed E-state index contributed by atoms with van der Waals surface area (Å²) >= 11 is 0. The molecule has 2 bridgehead atoms. The van der Waals surface area contributed by atoms with Crippen LogP contribution < -0.4 is 5.73 Å². The Morgan fingerprint density at radius 2 is 2.16 bits per heavy atom. The molecule has 2 N–H and O–H groups in total. The normalized spacial score (nSPS) is 36.6. The lowest BCUT2D eigenvalue weighted by Crippen LogP contribution is -2.34. The summed E-state index contributed by atoms with van der Waals surface area (Å²) in [6.45, 7) is 4.05. The van der Waals surface area contributed by atoms with Gasteiger partial charge in [-0.2, -0.15) is 4.98 Å². The van der Waals surface area contributed by atoms with E-state index >= 15 is 0 Å². The molecule has 5 atom stereocenters. The number of nitrogens with two attached hydrogens (primary N) is 1. The van der Waals surface area contributed by atoms with E-state index in [9.17, 15) is 0 Å². The Hall–Kier alpha value is -0.940. The van der Waals surface area contributed by atoms with Crippen molar-refractivity contribution in [2.45, 2.75) is 57.1 Å². The maximum absolute atomic E-state index is 6.32. The van der Waals surface area contributed by atoms with Crippen LogP contribution in [0.1, 0.15) is 57.2 Å². The zero-order valence-corrected chi connectivity index (χ0v) is 11.9. The number of ether oxygens (including phenoxy) is 1. The largest absolute Gasteiger partial charge is 0.370 e. The van der Waals surface area contributed by atoms with Gasteiger partial charge in [0, 0.05) is 13.2 Å². The molecule has 2 aliphatic rings. The van der Waals surface area contributed by atoms with Gasteiger partial charge in [0.2, 0.25) is 11.7 Å². The van der Waals surface area contributed by atoms with E-state index in [-0.39, 0.29) is 12.0 Å². The molecule has 5 nitrogen and oxygen atoms in total. The third-order valence-electron chi connectivity index (χ3n) is 5.31. The number of hydrogen-bond donors (Lipinski definition) is 1. The minimum atomic E-state index is -0.469. The van der Waals surface area contributed by atoms with Gasteiger partial charge in [-0.15, -0.1) is 0 Å². The van der Waals surface area contributed by atoms with Crippen molar-refractivity contribution >= 4 is 0 Å². The molecule has 2 aliphatic carbocycles. The molecule has 0 aliphatic heterocycles. The van der Waals surface area contributed by atoms with Gasteiger partial charge < -0.3 is 15.0 Å². The number of methoxy groups -OCH3 is 1. The molecule has 1 heterocycles. The van der Waals surface area contributed by atoms with Crippen molar-refractivity contribution in [2.24, 2.45) is 17.6 Å². The van der Waals surface area contributed by atoms with Crippen LogP contribution in [-0.2, 0) is 10.3 Å². The molecule has 3 rings (SSSR count). The van der Waals surface area contributed by atoms with E-state index in [1.54, 1.807) is 7.11 Å². The highest BCUT2D eigenvalue weighted by Crippen LogP contribution is 2.51. The first kappa shape index (κ1) is 13.1. The lowest BCUT2D eigenvalue weighted by Gasteiger charge is -2.25. The molecule has 1 aromatic rings. The van der Waals surface area contributed by atoms with Crippen molar-refractivity contribution in [3.8, 4) is 0 Å². The number of aromatic nitrogens is 2. The predicted molar refractivity (Wildman–Crippen MR) is 70.5 cm³/mol. The first-order valence-corrected chi connectivity index (χ1v) is 7.24. The Labute approximate surface area is 113 Å². The van der Waals surface area contributed by atoms with Crippen LogP contribution in [0.5, 0.6) is 0 Å². The van der Waals surface area contributed by atoms with Gasteiger partial charge in [0.15, 0.2) is 0 Å². The van der Waals surface area contributed by atoms with E-state index in [4.69, 9.17) is 15.0 Å². The van der Waals surface area contributed by atoms with E-state index in [0.717, 1.165) is 6.42 Å². The Morgan fingerprint density at radius 1 is 1.42 bits per heavy atom. The van der Waals surface area contributed by atoms with Gasteiger partial charge in [-0.1, -0.05) is 12.1 Å². The summed E-state index contributed by atoms with van der Waals surface area (Å²) in [5.74, 6) is 2.88. The summed E-state index contributed by atoms with van der Waals surface area (Å²) in [4.78, 5) is 4.59. The van der Waals surface area contributed by atoms with Crippen molar-refractivity contribution in [2.75, 3.05) is 7.11 Å². The molecule has 0 aromatic carbocycles. The molecule has 5 heteroatoms. The molecule has 0 saturated heterocycles. The summed E-state index contributed by atoms with van der Waals surface area (Å²) in [7, 11) is 1.68. The number of nitrogens with zero attached hydrogens (tertiary/aromatic N) is 2. The second-order valence-electron chi connectivity index (χ2n) is 6.18. The average molecular weight is 265 g/mol. The van der Waals surface area contributed by atoms with Gasteiger partial charge in [0.25, 0.3) is 0 Å². The van der Waals surface area contributed by atoms with E-state index in [0.29, 0.717) is 23.6 Å². The van der Waals surface area contributed by atoms with Crippen molar-refractivity contribution in [1.82, 2.24) is 10.1 Å². The maximum Gasteiger partial charge on any atom is 0.231 e. The highest BCUT2D eigenvalue weighted by Gasteiger charge is 2.49. The molecular weight excluding hydrogens is 242 g/mol. The highest BCUT2D eigenvalue weighted by atomic mass is 16.5. The van der Waals surface area contributed by atoms with Crippen LogP contribution in [0, 0.1) is 11.8 Å². The van der Waals surface area contributed by atoms with Crippen molar-refractivity contribution in [3.05, 3.63) is 11.7 Å². The van der Waals surface area contributed by atoms with Crippen molar-refractivity contribution in [3.63, 3.8) is 0 Å². The van der Waals surface area contributed by atoms with Gasteiger partial charge in [-0.05, 0) is 44.4 Å². The van der Waals surface area contributed by atoms with Gasteiger partial charge in [-0.25, -0.2) is 0 Å². The first-order valence-electron chi connectivity index (χ1n) is 7.24. The molecule has 1 aromatic heterocycles. The van der Waals surface area contributed by atoms with E-state index < -0.39 is 5.60 Å². The smallest absolute Gasteiger partial charge is 0.231 e. The SMILES string of the molecule is CCC(C)(OC)c1noc(C2C3CCC(C3)C2N)n1. The first-order chi connectivity index (χ1) is 9.09. The number of rotatable bonds is 4. The Bertz CT molecular complexity index is 453. The van der Waals surface area contributed by atoms with Crippen LogP contribution in [-0.4, -0.2) is 23.3 Å². The topological polar surface area (TPSA) is 74.2 Å². The second-order valence-corrected chi connectivity index (χ2v) is 6.18. The molecule has 106 valence electrons. The van der Waals surface area contributed by atoms with Crippen LogP contribution in [0.15, 0.2) is 4.52 Å². The lowest BCUT2D eigenvalue weighted by molar-refractivity contribution is -0.0106. The highest BCUT2D eigenvalue weighted by molar-refractivity contribution is 5.13. The van der Waals surface area contributed by atoms with Crippen LogP contribution >= 0.6 is 0 Å². The minimum Gasteiger partial charge on any atom is -0.370 e. The monoisotopic (exact) mass is 265 g/mol. The maximum atomic E-state index is 6.32. The third kappa shape index (κ3) is 1.91. The molecule has 19 heavy (non-hydrogen) atoms. The van der Waals surface area contributed by atoms with Crippen LogP contribution in [0.3, 0.4) is 0 Å². The Morgan fingerprint density at radius 3 is 2.74 bits per heavy atom. The summed E-state index contributed by atoms with van der Waals surface area (Å²) in [6.07, 6.45) is 4.54. The van der Waals surface area contributed by atoms with Gasteiger partial charge in [0.05, 0.1) is 5.92 Å². The molecule has 0 radical (unpaired) electrons. The third-order valence-corrected chi connectivity index (χ3v) is 5.31. The lowest BCUT2D eigenvalue weighted by atomic mass is 9.85. The van der Waals surface area contributed by atoms with Crippen molar-refractivity contribution < 1.29 is 9.26 Å². The molecule has 0 spiro atoms. The van der Waals surface area contributed by atoms with E-state index in [1.807, 2.05) is 6.92 Å². The summed E-state index contributed by atoms with van der Waals surface area (Å²) in [6, 6.07) is 0.183. The zero-order chi connectivity index (χ0) is 13.6. The Balaban J connectivity index is 1.86. The number of hydrogen-bond acceptors (Lipinski definition) is 5. The molecule has 2 fully saturated rings. The van der Waals surface area contributed by atoms with Crippen molar-refractivity contribution in [1.29, 1.82) is 0 Å². The Kier molecular flexibility index (Phi) is 3.14. The van der Waals surface area contributed by atoms with Crippen LogP contribution in [0.4, 0.5) is 0 Å². The zero-order valence-electron chi connectivity index (χ0n) is 11.9. The second kappa shape index (κ2) is 4.56. The molecule has 0 amide bonds. The van der Waals surface area contributed by atoms with E-state index in [1.165, 1.54) is 19.3 Å².